The van der Waals surface area contributed by atoms with Gasteiger partial charge in [0.05, 0.1) is 12.7 Å². The van der Waals surface area contributed by atoms with E-state index >= 15 is 0 Å². The molecule has 1 saturated heterocycles. The maximum atomic E-state index is 11.1. The number of ether oxygens (including phenoxy) is 2. The first-order chi connectivity index (χ1) is 15.4. The Labute approximate surface area is 192 Å². The summed E-state index contributed by atoms with van der Waals surface area (Å²) in [6.07, 6.45) is 8.97. The normalized spacial score (nSPS) is 26.8. The lowest BCUT2D eigenvalue weighted by Crippen LogP contribution is -2.60. The second-order valence-electron chi connectivity index (χ2n) is 9.08. The lowest BCUT2D eigenvalue weighted by Gasteiger charge is -2.38. The summed E-state index contributed by atoms with van der Waals surface area (Å²) in [5, 5.41) is 48.4. The molecule has 0 aliphatic carbocycles. The predicted molar refractivity (Wildman–Crippen MR) is 121 cm³/mol. The fourth-order valence-electron chi connectivity index (χ4n) is 4.05. The molecule has 0 aromatic heterocycles. The van der Waals surface area contributed by atoms with Crippen LogP contribution in [0.2, 0.25) is 0 Å². The number of aliphatic carboxylic acids is 1. The molecule has 1 rings (SSSR count). The summed E-state index contributed by atoms with van der Waals surface area (Å²) in [6.45, 7) is 2.30. The first kappa shape index (κ1) is 29.3. The van der Waals surface area contributed by atoms with Crippen molar-refractivity contribution in [3.8, 4) is 0 Å². The highest BCUT2D eigenvalue weighted by Gasteiger charge is 2.47. The minimum absolute atomic E-state index is 0.0521. The van der Waals surface area contributed by atoms with Gasteiger partial charge in [-0.05, 0) is 12.8 Å². The highest BCUT2D eigenvalue weighted by molar-refractivity contribution is 5.73. The smallest absolute Gasteiger partial charge is 0.335 e. The van der Waals surface area contributed by atoms with Crippen LogP contribution in [0.4, 0.5) is 0 Å². The number of hydrogen-bond acceptors (Lipinski definition) is 7. The summed E-state index contributed by atoms with van der Waals surface area (Å²) in [4.78, 5) is 11.1. The largest absolute Gasteiger partial charge is 0.479 e. The number of hydrogen-bond donors (Lipinski definition) is 5. The first-order valence-electron chi connectivity index (χ1n) is 12.6. The Hall–Kier alpha value is -0.770. The first-order valence-corrected chi connectivity index (χ1v) is 12.6. The molecule has 6 unspecified atom stereocenters. The SMILES string of the molecule is CCCCCCCCCCCCCCCC(O)CCOC1OC(C(=O)O)C(O)C(O)C1O. The highest BCUT2D eigenvalue weighted by atomic mass is 16.7. The molecule has 0 amide bonds. The van der Waals surface area contributed by atoms with E-state index in [0.29, 0.717) is 12.8 Å². The van der Waals surface area contributed by atoms with Crippen LogP contribution in [0.5, 0.6) is 0 Å². The lowest BCUT2D eigenvalue weighted by atomic mass is 9.99. The molecule has 0 saturated carbocycles. The van der Waals surface area contributed by atoms with Crippen LogP contribution >= 0.6 is 0 Å². The van der Waals surface area contributed by atoms with Gasteiger partial charge in [0.15, 0.2) is 12.4 Å². The molecular formula is C24H46O8. The number of unbranched alkanes of at least 4 members (excludes halogenated alkanes) is 12. The van der Waals surface area contributed by atoms with Gasteiger partial charge in [0.1, 0.15) is 18.3 Å². The van der Waals surface area contributed by atoms with Crippen LogP contribution in [0.25, 0.3) is 0 Å². The van der Waals surface area contributed by atoms with Crippen molar-refractivity contribution >= 4 is 5.97 Å². The summed E-state index contributed by atoms with van der Waals surface area (Å²) >= 11 is 0. The summed E-state index contributed by atoms with van der Waals surface area (Å²) in [6, 6.07) is 0. The molecule has 6 atom stereocenters. The molecule has 0 aromatic rings. The van der Waals surface area contributed by atoms with E-state index < -0.39 is 42.8 Å². The minimum Gasteiger partial charge on any atom is -0.479 e. The summed E-state index contributed by atoms with van der Waals surface area (Å²) in [5.41, 5.74) is 0. The predicted octanol–water partition coefficient (Wildman–Crippen LogP) is 3.13. The van der Waals surface area contributed by atoms with Crippen molar-refractivity contribution in [1.29, 1.82) is 0 Å². The van der Waals surface area contributed by atoms with E-state index in [0.717, 1.165) is 12.8 Å². The standard InChI is InChI=1S/C24H46O8/c1-2-3-4-5-6-7-8-9-10-11-12-13-14-15-18(25)16-17-31-24-21(28)19(26)20(27)22(32-24)23(29)30/h18-22,24-28H,2-17H2,1H3,(H,29,30). The number of carboxylic acid groups (broad SMARTS) is 1. The number of carbonyl (C=O) groups is 1. The van der Waals surface area contributed by atoms with E-state index in [1.54, 1.807) is 0 Å². The van der Waals surface area contributed by atoms with Gasteiger partial charge in [-0.25, -0.2) is 4.79 Å². The number of rotatable bonds is 19. The van der Waals surface area contributed by atoms with Gasteiger partial charge in [-0.15, -0.1) is 0 Å². The van der Waals surface area contributed by atoms with Crippen molar-refractivity contribution in [1.82, 2.24) is 0 Å². The van der Waals surface area contributed by atoms with Crippen molar-refractivity contribution in [2.24, 2.45) is 0 Å². The fraction of sp³-hybridized carbons (Fsp3) is 0.958. The molecule has 0 aromatic carbocycles. The molecule has 1 heterocycles. The number of aliphatic hydroxyl groups is 4. The molecular weight excluding hydrogens is 416 g/mol. The van der Waals surface area contributed by atoms with Crippen molar-refractivity contribution in [2.45, 2.75) is 140 Å². The zero-order valence-electron chi connectivity index (χ0n) is 19.7. The molecule has 1 fully saturated rings. The molecule has 0 spiro atoms. The third-order valence-corrected chi connectivity index (χ3v) is 6.19. The molecule has 0 radical (unpaired) electrons. The summed E-state index contributed by atoms with van der Waals surface area (Å²) in [5.74, 6) is -1.44. The molecule has 1 aliphatic heterocycles. The number of aliphatic hydroxyl groups excluding tert-OH is 4. The van der Waals surface area contributed by atoms with Crippen molar-refractivity contribution < 1.29 is 39.8 Å². The van der Waals surface area contributed by atoms with Gasteiger partial charge in [-0.1, -0.05) is 90.4 Å². The Balaban J connectivity index is 1.99. The second kappa shape index (κ2) is 17.7. The van der Waals surface area contributed by atoms with Crippen molar-refractivity contribution in [2.75, 3.05) is 6.61 Å². The molecule has 5 N–H and O–H groups in total. The average Bonchev–Trinajstić information content (AvgIpc) is 2.76. The van der Waals surface area contributed by atoms with Gasteiger partial charge < -0.3 is 35.0 Å². The Morgan fingerprint density at radius 2 is 1.28 bits per heavy atom. The zero-order chi connectivity index (χ0) is 23.8. The topological polar surface area (TPSA) is 137 Å². The average molecular weight is 463 g/mol. The van der Waals surface area contributed by atoms with Crippen LogP contribution in [0.1, 0.15) is 103 Å². The van der Waals surface area contributed by atoms with E-state index in [1.165, 1.54) is 70.6 Å². The minimum atomic E-state index is -1.73. The summed E-state index contributed by atoms with van der Waals surface area (Å²) in [7, 11) is 0. The zero-order valence-corrected chi connectivity index (χ0v) is 19.7. The monoisotopic (exact) mass is 462 g/mol. The Bertz CT molecular complexity index is 475. The van der Waals surface area contributed by atoms with Gasteiger partial charge in [-0.3, -0.25) is 0 Å². The molecule has 32 heavy (non-hydrogen) atoms. The molecule has 190 valence electrons. The maximum absolute atomic E-state index is 11.1. The lowest BCUT2D eigenvalue weighted by molar-refractivity contribution is -0.294. The van der Waals surface area contributed by atoms with Crippen molar-refractivity contribution in [3.05, 3.63) is 0 Å². The van der Waals surface area contributed by atoms with Gasteiger partial charge in [0.2, 0.25) is 0 Å². The highest BCUT2D eigenvalue weighted by Crippen LogP contribution is 2.23. The third kappa shape index (κ3) is 11.9. The third-order valence-electron chi connectivity index (χ3n) is 6.19. The van der Waals surface area contributed by atoms with Crippen molar-refractivity contribution in [3.63, 3.8) is 0 Å². The summed E-state index contributed by atoms with van der Waals surface area (Å²) < 4.78 is 10.4. The van der Waals surface area contributed by atoms with Crippen LogP contribution in [-0.4, -0.2) is 74.9 Å². The number of carboxylic acids is 1. The fourth-order valence-corrected chi connectivity index (χ4v) is 4.05. The van der Waals surface area contributed by atoms with Crippen LogP contribution in [0.15, 0.2) is 0 Å². The Kier molecular flexibility index (Phi) is 16.2. The Morgan fingerprint density at radius 3 is 1.78 bits per heavy atom. The van der Waals surface area contributed by atoms with Gasteiger partial charge in [0.25, 0.3) is 0 Å². The van der Waals surface area contributed by atoms with Gasteiger partial charge >= 0.3 is 5.97 Å². The van der Waals surface area contributed by atoms with Crippen LogP contribution < -0.4 is 0 Å². The quantitative estimate of drug-likeness (QED) is 0.185. The molecule has 8 nitrogen and oxygen atoms in total. The van der Waals surface area contributed by atoms with Crippen LogP contribution in [0, 0.1) is 0 Å². The van der Waals surface area contributed by atoms with Gasteiger partial charge in [-0.2, -0.15) is 0 Å². The van der Waals surface area contributed by atoms with Crippen LogP contribution in [0.3, 0.4) is 0 Å². The van der Waals surface area contributed by atoms with Gasteiger partial charge in [0, 0.05) is 0 Å². The van der Waals surface area contributed by atoms with E-state index in [2.05, 4.69) is 6.92 Å². The Morgan fingerprint density at radius 1 is 0.781 bits per heavy atom. The molecule has 0 bridgehead atoms. The van der Waals surface area contributed by atoms with E-state index in [9.17, 15) is 25.2 Å². The van der Waals surface area contributed by atoms with E-state index in [1.807, 2.05) is 0 Å². The molecule has 1 aliphatic rings. The molecule has 8 heteroatoms. The van der Waals surface area contributed by atoms with E-state index in [4.69, 9.17) is 14.6 Å². The maximum Gasteiger partial charge on any atom is 0.335 e. The van der Waals surface area contributed by atoms with Crippen LogP contribution in [-0.2, 0) is 14.3 Å². The second-order valence-corrected chi connectivity index (χ2v) is 9.08. The van der Waals surface area contributed by atoms with E-state index in [-0.39, 0.29) is 6.61 Å².